The molecule has 1 heterocycles. The van der Waals surface area contributed by atoms with Gasteiger partial charge in [-0.15, -0.1) is 11.3 Å². The van der Waals surface area contributed by atoms with Crippen LogP contribution >= 0.6 is 11.3 Å². The first kappa shape index (κ1) is 17.8. The lowest BCUT2D eigenvalue weighted by Crippen LogP contribution is -2.10. The fourth-order valence-corrected chi connectivity index (χ4v) is 3.66. The van der Waals surface area contributed by atoms with Crippen molar-refractivity contribution in [2.75, 3.05) is 0 Å². The molecule has 0 saturated carbocycles. The molecule has 0 bridgehead atoms. The van der Waals surface area contributed by atoms with Crippen molar-refractivity contribution in [3.8, 4) is 22.4 Å². The molecule has 4 N–H and O–H groups in total. The Morgan fingerprint density at radius 2 is 1.62 bits per heavy atom. The van der Waals surface area contributed by atoms with E-state index in [2.05, 4.69) is 4.98 Å². The lowest BCUT2D eigenvalue weighted by Gasteiger charge is -2.05. The van der Waals surface area contributed by atoms with Gasteiger partial charge >= 0.3 is 5.97 Å². The number of nitrogen functional groups attached to an aromatic ring is 1. The first-order chi connectivity index (χ1) is 12.4. The largest absolute Gasteiger partial charge is 0.481 e. The van der Waals surface area contributed by atoms with E-state index < -0.39 is 5.97 Å². The van der Waals surface area contributed by atoms with Crippen LogP contribution in [0.4, 0.5) is 0 Å². The molecule has 0 radical (unpaired) electrons. The van der Waals surface area contributed by atoms with Gasteiger partial charge in [-0.05, 0) is 18.1 Å². The van der Waals surface area contributed by atoms with Crippen LogP contribution in [0.3, 0.4) is 0 Å². The lowest BCUT2D eigenvalue weighted by molar-refractivity contribution is -0.136. The summed E-state index contributed by atoms with van der Waals surface area (Å²) < 4.78 is 0. The summed E-state index contributed by atoms with van der Waals surface area (Å²) in [5.41, 5.74) is 10.2. The van der Waals surface area contributed by atoms with Gasteiger partial charge in [0.2, 0.25) is 0 Å². The maximum Gasteiger partial charge on any atom is 0.303 e. The van der Waals surface area contributed by atoms with Crippen LogP contribution in [0.1, 0.15) is 21.9 Å². The first-order valence-corrected chi connectivity index (χ1v) is 8.99. The highest BCUT2D eigenvalue weighted by molar-refractivity contribution is 7.12. The number of carboxylic acids is 1. The highest BCUT2D eigenvalue weighted by Crippen LogP contribution is 2.30. The lowest BCUT2D eigenvalue weighted by atomic mass is 10.0. The van der Waals surface area contributed by atoms with Crippen molar-refractivity contribution in [3.63, 3.8) is 0 Å². The summed E-state index contributed by atoms with van der Waals surface area (Å²) in [5, 5.41) is 17.1. The van der Waals surface area contributed by atoms with Crippen LogP contribution in [0.25, 0.3) is 22.4 Å². The second-order valence-corrected chi connectivity index (χ2v) is 7.26. The molecule has 3 rings (SSSR count). The number of hydrogen-bond acceptors (Lipinski definition) is 4. The van der Waals surface area contributed by atoms with E-state index in [4.69, 9.17) is 16.2 Å². The average molecular weight is 365 g/mol. The summed E-state index contributed by atoms with van der Waals surface area (Å²) in [6.07, 6.45) is 0.559. The van der Waals surface area contributed by atoms with Crippen LogP contribution in [-0.2, 0) is 11.2 Å². The van der Waals surface area contributed by atoms with Crippen LogP contribution in [0.5, 0.6) is 0 Å². The minimum atomic E-state index is -0.806. The van der Waals surface area contributed by atoms with E-state index >= 15 is 0 Å². The third-order valence-corrected chi connectivity index (χ3v) is 5.11. The van der Waals surface area contributed by atoms with Crippen molar-refractivity contribution in [1.82, 2.24) is 4.98 Å². The number of thiazole rings is 1. The Morgan fingerprint density at radius 1 is 1.08 bits per heavy atom. The van der Waals surface area contributed by atoms with Crippen LogP contribution in [0.2, 0.25) is 0 Å². The molecular weight excluding hydrogens is 346 g/mol. The van der Waals surface area contributed by atoms with E-state index in [1.807, 2.05) is 55.5 Å². The van der Waals surface area contributed by atoms with Gasteiger partial charge in [-0.3, -0.25) is 10.2 Å². The van der Waals surface area contributed by atoms with Crippen LogP contribution < -0.4 is 5.73 Å². The van der Waals surface area contributed by atoms with Gasteiger partial charge in [-0.1, -0.05) is 48.5 Å². The number of carboxylic acid groups (broad SMARTS) is 1. The molecule has 26 heavy (non-hydrogen) atoms. The van der Waals surface area contributed by atoms with Crippen molar-refractivity contribution >= 4 is 23.1 Å². The highest BCUT2D eigenvalue weighted by atomic mass is 32.1. The topological polar surface area (TPSA) is 100 Å². The van der Waals surface area contributed by atoms with E-state index in [9.17, 15) is 4.79 Å². The number of nitrogens with two attached hydrogens (primary N) is 1. The first-order valence-electron chi connectivity index (χ1n) is 8.17. The number of aliphatic carboxylic acids is 1. The van der Waals surface area contributed by atoms with E-state index in [1.54, 1.807) is 11.3 Å². The Bertz CT molecular complexity index is 944. The predicted molar refractivity (Wildman–Crippen MR) is 105 cm³/mol. The van der Waals surface area contributed by atoms with Crippen LogP contribution in [-0.4, -0.2) is 21.9 Å². The highest BCUT2D eigenvalue weighted by Gasteiger charge is 2.11. The van der Waals surface area contributed by atoms with Gasteiger partial charge < -0.3 is 10.8 Å². The number of hydrogen-bond donors (Lipinski definition) is 3. The number of benzene rings is 2. The molecule has 0 atom stereocenters. The fourth-order valence-electron chi connectivity index (χ4n) is 2.70. The van der Waals surface area contributed by atoms with Gasteiger partial charge in [0.25, 0.3) is 0 Å². The van der Waals surface area contributed by atoms with Gasteiger partial charge in [0.05, 0.1) is 17.1 Å². The summed E-state index contributed by atoms with van der Waals surface area (Å²) in [6, 6.07) is 15.7. The second-order valence-electron chi connectivity index (χ2n) is 5.97. The summed E-state index contributed by atoms with van der Waals surface area (Å²) in [5.74, 6) is -0.746. The molecule has 0 saturated heterocycles. The fraction of sp³-hybridized carbons (Fsp3) is 0.150. The Kier molecular flexibility index (Phi) is 5.14. The number of rotatable bonds is 6. The third-order valence-electron chi connectivity index (χ3n) is 4.08. The van der Waals surface area contributed by atoms with Gasteiger partial charge in [0.15, 0.2) is 0 Å². The smallest absolute Gasteiger partial charge is 0.303 e. The molecule has 6 heteroatoms. The average Bonchev–Trinajstić information content (AvgIpc) is 3.01. The zero-order chi connectivity index (χ0) is 18.7. The van der Waals surface area contributed by atoms with Gasteiger partial charge in [0.1, 0.15) is 5.84 Å². The molecule has 5 nitrogen and oxygen atoms in total. The van der Waals surface area contributed by atoms with Gasteiger partial charge in [-0.25, -0.2) is 4.98 Å². The quantitative estimate of drug-likeness (QED) is 0.452. The van der Waals surface area contributed by atoms with Crippen LogP contribution in [0.15, 0.2) is 48.5 Å². The predicted octanol–water partition coefficient (Wildman–Crippen LogP) is 4.09. The Labute approximate surface area is 155 Å². The molecule has 0 aliphatic carbocycles. The molecule has 0 aliphatic heterocycles. The monoisotopic (exact) mass is 365 g/mol. The molecular formula is C20H19N3O2S. The number of carbonyl (C=O) groups is 1. The summed E-state index contributed by atoms with van der Waals surface area (Å²) in [7, 11) is 0. The van der Waals surface area contributed by atoms with Crippen molar-refractivity contribution < 1.29 is 9.90 Å². The Balaban J connectivity index is 1.81. The summed E-state index contributed by atoms with van der Waals surface area (Å²) in [4.78, 5) is 16.4. The number of aryl methyl sites for hydroxylation is 2. The summed E-state index contributed by atoms with van der Waals surface area (Å²) in [6.45, 7) is 2.01. The second kappa shape index (κ2) is 7.49. The van der Waals surface area contributed by atoms with E-state index in [-0.39, 0.29) is 12.3 Å². The molecule has 0 unspecified atom stereocenters. The zero-order valence-corrected chi connectivity index (χ0v) is 15.1. The number of aromatic nitrogens is 1. The Morgan fingerprint density at radius 3 is 2.15 bits per heavy atom. The molecule has 0 spiro atoms. The molecule has 0 fully saturated rings. The molecule has 1 aromatic heterocycles. The Hall–Kier alpha value is -2.99. The zero-order valence-electron chi connectivity index (χ0n) is 14.3. The van der Waals surface area contributed by atoms with E-state index in [0.717, 1.165) is 32.3 Å². The van der Waals surface area contributed by atoms with E-state index in [1.165, 1.54) is 0 Å². The normalized spacial score (nSPS) is 10.7. The van der Waals surface area contributed by atoms with Crippen LogP contribution in [0, 0.1) is 12.3 Å². The number of amidine groups is 1. The van der Waals surface area contributed by atoms with Crippen molar-refractivity contribution in [2.45, 2.75) is 19.8 Å². The maximum atomic E-state index is 10.7. The van der Waals surface area contributed by atoms with Crippen molar-refractivity contribution in [2.24, 2.45) is 5.73 Å². The third kappa shape index (κ3) is 3.97. The van der Waals surface area contributed by atoms with Gasteiger partial charge in [0, 0.05) is 22.4 Å². The standard InChI is InChI=1S/C20H19N3O2S/c1-12-19(23-17(26-12)10-11-18(24)25)15-6-2-13(3-7-15)14-4-8-16(9-5-14)20(21)22/h2-9H,10-11H2,1H3,(H3,21,22)(H,24,25). The van der Waals surface area contributed by atoms with E-state index in [0.29, 0.717) is 12.0 Å². The summed E-state index contributed by atoms with van der Waals surface area (Å²) >= 11 is 1.55. The molecule has 3 aromatic rings. The molecule has 0 aliphatic rings. The molecule has 132 valence electrons. The van der Waals surface area contributed by atoms with Gasteiger partial charge in [-0.2, -0.15) is 0 Å². The SMILES string of the molecule is Cc1sc(CCC(=O)O)nc1-c1ccc(-c2ccc(C(=N)N)cc2)cc1. The number of nitrogens with zero attached hydrogens (tertiary/aromatic N) is 1. The minimum absolute atomic E-state index is 0.0598. The number of nitrogens with one attached hydrogen (secondary N) is 1. The maximum absolute atomic E-state index is 10.7. The molecule has 2 aromatic carbocycles. The van der Waals surface area contributed by atoms with Crippen molar-refractivity contribution in [1.29, 1.82) is 5.41 Å². The van der Waals surface area contributed by atoms with Crippen molar-refractivity contribution in [3.05, 3.63) is 64.0 Å². The minimum Gasteiger partial charge on any atom is -0.481 e. The molecule has 0 amide bonds.